The summed E-state index contributed by atoms with van der Waals surface area (Å²) in [5.41, 5.74) is 5.86. The zero-order valence-corrected chi connectivity index (χ0v) is 33.6. The summed E-state index contributed by atoms with van der Waals surface area (Å²) in [4.78, 5) is 23.7. The van der Waals surface area contributed by atoms with Gasteiger partial charge in [0.25, 0.3) is 0 Å². The number of carbonyl (C=O) groups is 2. The quantitative estimate of drug-likeness (QED) is 0.121. The van der Waals surface area contributed by atoms with Crippen LogP contribution in [0.15, 0.2) is 180 Å². The molecule has 0 saturated carbocycles. The second kappa shape index (κ2) is 17.4. The van der Waals surface area contributed by atoms with E-state index in [4.69, 9.17) is 4.74 Å². The van der Waals surface area contributed by atoms with Crippen LogP contribution in [0.25, 0.3) is 21.8 Å². The molecule has 0 radical (unpaired) electrons. The van der Waals surface area contributed by atoms with Crippen molar-refractivity contribution in [1.82, 2.24) is 9.13 Å². The molecule has 8 rings (SSSR count). The van der Waals surface area contributed by atoms with Crippen LogP contribution in [-0.4, -0.2) is 50.1 Å². The number of ether oxygens (including phenoxy) is 1. The summed E-state index contributed by atoms with van der Waals surface area (Å²) in [6, 6.07) is 46.3. The van der Waals surface area contributed by atoms with Gasteiger partial charge in [0.1, 0.15) is 0 Å². The third kappa shape index (κ3) is 9.69. The fourth-order valence-corrected chi connectivity index (χ4v) is 9.63. The lowest BCUT2D eigenvalue weighted by atomic mass is 10.1. The van der Waals surface area contributed by atoms with Gasteiger partial charge in [-0.2, -0.15) is 0 Å². The predicted molar refractivity (Wildman–Crippen MR) is 228 cm³/mol. The Bertz CT molecular complexity index is 3010. The van der Waals surface area contributed by atoms with Crippen molar-refractivity contribution in [3.05, 3.63) is 203 Å². The molecule has 0 aliphatic rings. The molecule has 0 unspecified atom stereocenters. The van der Waals surface area contributed by atoms with Gasteiger partial charge in [0.15, 0.2) is 19.7 Å². The van der Waals surface area contributed by atoms with Crippen LogP contribution in [0.5, 0.6) is 0 Å². The number of methoxy groups -OCH3 is 1. The maximum absolute atomic E-state index is 12.7. The van der Waals surface area contributed by atoms with Crippen LogP contribution >= 0.6 is 0 Å². The lowest BCUT2D eigenvalue weighted by Gasteiger charge is -2.09. The number of benzene rings is 6. The second-order valence-corrected chi connectivity index (χ2v) is 18.0. The van der Waals surface area contributed by atoms with Crippen molar-refractivity contribution >= 4 is 53.4 Å². The molecule has 10 nitrogen and oxygen atoms in total. The van der Waals surface area contributed by atoms with E-state index in [1.807, 2.05) is 88.3 Å². The summed E-state index contributed by atoms with van der Waals surface area (Å²) in [7, 11) is -5.46. The van der Waals surface area contributed by atoms with Crippen LogP contribution in [0.2, 0.25) is 0 Å². The van der Waals surface area contributed by atoms with Gasteiger partial charge in [-0.05, 0) is 93.7 Å². The van der Waals surface area contributed by atoms with Gasteiger partial charge >= 0.3 is 11.9 Å². The summed E-state index contributed by atoms with van der Waals surface area (Å²) in [5.74, 6) is -1.46. The maximum atomic E-state index is 12.7. The van der Waals surface area contributed by atoms with E-state index in [-0.39, 0.29) is 23.0 Å². The zero-order valence-electron chi connectivity index (χ0n) is 32.0. The molecule has 0 aliphatic heterocycles. The number of hydrogen-bond donors (Lipinski definition) is 1. The molecular weight excluding hydrogens is 785 g/mol. The summed E-state index contributed by atoms with van der Waals surface area (Å²) in [6.45, 7) is 1.08. The number of fused-ring (bicyclic) bond motifs is 2. The highest BCUT2D eigenvalue weighted by Gasteiger charge is 2.17. The average Bonchev–Trinajstić information content (AvgIpc) is 3.84. The first-order chi connectivity index (χ1) is 28.4. The first-order valence-electron chi connectivity index (χ1n) is 18.6. The van der Waals surface area contributed by atoms with Gasteiger partial charge in [-0.25, -0.2) is 26.4 Å². The Hall–Kier alpha value is -6.76. The molecule has 0 amide bonds. The topological polar surface area (TPSA) is 142 Å². The first-order valence-corrected chi connectivity index (χ1v) is 21.9. The van der Waals surface area contributed by atoms with Gasteiger partial charge in [-0.15, -0.1) is 0 Å². The minimum absolute atomic E-state index is 0.0518. The number of hydrogen-bond acceptors (Lipinski definition) is 7. The van der Waals surface area contributed by atoms with Crippen molar-refractivity contribution in [2.24, 2.45) is 0 Å². The van der Waals surface area contributed by atoms with E-state index in [1.54, 1.807) is 91.0 Å². The van der Waals surface area contributed by atoms with Crippen LogP contribution in [0, 0.1) is 0 Å². The minimum atomic E-state index is -3.41. The molecule has 0 saturated heterocycles. The van der Waals surface area contributed by atoms with Crippen molar-refractivity contribution in [2.45, 2.75) is 34.4 Å². The molecule has 2 heterocycles. The highest BCUT2D eigenvalue weighted by atomic mass is 32.2. The number of carbonyl (C=O) groups excluding carboxylic acids is 1. The number of aromatic carboxylic acids is 1. The standard InChI is InChI=1S/C24H21NO4S.C23H19NO4S/c1-29-24(26)21-11-10-20-12-13-25(23(20)15-21)16-18-6-5-7-19(14-18)17-30(27,28)22-8-3-2-4-9-22;25-23(26)20-10-9-19-11-12-24(22(19)14-20)15-17-5-4-6-18(13-17)16-29(27,28)21-7-2-1-3-8-21/h2-15H,16-17H2,1H3;1-14H,15-16H2,(H,25,26). The summed E-state index contributed by atoms with van der Waals surface area (Å²) >= 11 is 0. The van der Waals surface area contributed by atoms with Crippen molar-refractivity contribution in [1.29, 1.82) is 0 Å². The molecule has 298 valence electrons. The summed E-state index contributed by atoms with van der Waals surface area (Å²) in [6.07, 6.45) is 3.86. The fourth-order valence-electron chi connectivity index (χ4n) is 6.91. The van der Waals surface area contributed by atoms with E-state index >= 15 is 0 Å². The molecule has 12 heteroatoms. The van der Waals surface area contributed by atoms with Crippen molar-refractivity contribution < 1.29 is 36.3 Å². The maximum Gasteiger partial charge on any atom is 0.337 e. The lowest BCUT2D eigenvalue weighted by Crippen LogP contribution is -2.06. The molecule has 0 aliphatic carbocycles. The Kier molecular flexibility index (Phi) is 11.9. The fraction of sp³-hybridized carbons (Fsp3) is 0.106. The smallest absolute Gasteiger partial charge is 0.337 e. The van der Waals surface area contributed by atoms with Gasteiger partial charge in [0, 0.05) is 36.5 Å². The van der Waals surface area contributed by atoms with Crippen LogP contribution < -0.4 is 0 Å². The average molecular weight is 825 g/mol. The number of esters is 1. The van der Waals surface area contributed by atoms with Gasteiger partial charge in [-0.1, -0.05) is 97.1 Å². The van der Waals surface area contributed by atoms with Crippen LogP contribution in [0.1, 0.15) is 43.0 Å². The van der Waals surface area contributed by atoms with Crippen LogP contribution in [-0.2, 0) is 49.0 Å². The second-order valence-electron chi connectivity index (χ2n) is 14.0. The molecule has 2 aromatic heterocycles. The van der Waals surface area contributed by atoms with E-state index in [2.05, 4.69) is 0 Å². The first kappa shape index (κ1) is 40.4. The Morgan fingerprint density at radius 1 is 0.508 bits per heavy atom. The van der Waals surface area contributed by atoms with E-state index in [1.165, 1.54) is 7.11 Å². The predicted octanol–water partition coefficient (Wildman–Crippen LogP) is 8.81. The molecule has 0 atom stereocenters. The van der Waals surface area contributed by atoms with E-state index in [0.29, 0.717) is 34.0 Å². The number of carboxylic acids is 1. The number of sulfone groups is 2. The third-order valence-corrected chi connectivity index (χ3v) is 13.2. The zero-order chi connectivity index (χ0) is 41.6. The van der Waals surface area contributed by atoms with E-state index in [0.717, 1.165) is 38.5 Å². The molecule has 6 aromatic carbocycles. The van der Waals surface area contributed by atoms with Gasteiger partial charge in [0.05, 0.1) is 39.5 Å². The summed E-state index contributed by atoms with van der Waals surface area (Å²) < 4.78 is 59.5. The number of aromatic nitrogens is 2. The Balaban J connectivity index is 0.000000179. The highest BCUT2D eigenvalue weighted by Crippen LogP contribution is 2.23. The monoisotopic (exact) mass is 824 g/mol. The Labute approximate surface area is 342 Å². The molecule has 59 heavy (non-hydrogen) atoms. The van der Waals surface area contributed by atoms with Crippen molar-refractivity contribution in [2.75, 3.05) is 7.11 Å². The SMILES string of the molecule is COC(=O)c1ccc2ccn(Cc3cccc(CS(=O)(=O)c4ccccc4)c3)c2c1.O=C(O)c1ccc2ccn(Cc3cccc(CS(=O)(=O)c4ccccc4)c3)c2c1. The van der Waals surface area contributed by atoms with Gasteiger partial charge in [0.2, 0.25) is 0 Å². The van der Waals surface area contributed by atoms with E-state index in [9.17, 15) is 31.5 Å². The number of nitrogens with zero attached hydrogens (tertiary/aromatic N) is 2. The molecule has 0 spiro atoms. The highest BCUT2D eigenvalue weighted by molar-refractivity contribution is 7.91. The molecule has 8 aromatic rings. The van der Waals surface area contributed by atoms with Crippen LogP contribution in [0.3, 0.4) is 0 Å². The molecule has 0 fully saturated rings. The number of rotatable bonds is 12. The normalized spacial score (nSPS) is 11.5. The molecule has 1 N–H and O–H groups in total. The van der Waals surface area contributed by atoms with Crippen molar-refractivity contribution in [3.8, 4) is 0 Å². The number of carboxylic acid groups (broad SMARTS) is 1. The minimum Gasteiger partial charge on any atom is -0.478 e. The van der Waals surface area contributed by atoms with Gasteiger partial charge < -0.3 is 19.0 Å². The molecular formula is C47H40N2O8S2. The van der Waals surface area contributed by atoms with Gasteiger partial charge in [-0.3, -0.25) is 0 Å². The van der Waals surface area contributed by atoms with Crippen molar-refractivity contribution in [3.63, 3.8) is 0 Å². The largest absolute Gasteiger partial charge is 0.478 e. The lowest BCUT2D eigenvalue weighted by molar-refractivity contribution is 0.0600. The van der Waals surface area contributed by atoms with Crippen LogP contribution in [0.4, 0.5) is 0 Å². The molecule has 0 bridgehead atoms. The summed E-state index contributed by atoms with van der Waals surface area (Å²) in [5, 5.41) is 11.2. The third-order valence-electron chi connectivity index (χ3n) is 9.82. The Morgan fingerprint density at radius 3 is 1.37 bits per heavy atom. The Morgan fingerprint density at radius 2 is 0.932 bits per heavy atom. The van der Waals surface area contributed by atoms with E-state index < -0.39 is 25.6 Å².